The molecule has 0 aromatic rings. The Morgan fingerprint density at radius 3 is 2.47 bits per heavy atom. The van der Waals surface area contributed by atoms with E-state index in [4.69, 9.17) is 16.3 Å². The summed E-state index contributed by atoms with van der Waals surface area (Å²) >= 11 is 5.89. The molecule has 19 heavy (non-hydrogen) atoms. The molecule has 1 aliphatic rings. The van der Waals surface area contributed by atoms with Gasteiger partial charge in [0.1, 0.15) is 9.84 Å². The Bertz CT molecular complexity index is 462. The highest BCUT2D eigenvalue weighted by molar-refractivity contribution is 7.92. The zero-order valence-corrected chi connectivity index (χ0v) is 13.2. The van der Waals surface area contributed by atoms with E-state index in [0.29, 0.717) is 13.0 Å². The molecule has 1 N–H and O–H groups in total. The van der Waals surface area contributed by atoms with E-state index in [1.165, 1.54) is 7.11 Å². The highest BCUT2D eigenvalue weighted by Gasteiger charge is 2.32. The van der Waals surface area contributed by atoms with Crippen LogP contribution in [-0.4, -0.2) is 59.2 Å². The zero-order valence-electron chi connectivity index (χ0n) is 10.8. The van der Waals surface area contributed by atoms with Crippen molar-refractivity contribution in [3.05, 3.63) is 0 Å². The van der Waals surface area contributed by atoms with E-state index < -0.39 is 25.1 Å². The lowest BCUT2D eigenvalue weighted by Gasteiger charge is -2.22. The molecule has 0 aliphatic carbocycles. The lowest BCUT2D eigenvalue weighted by Crippen LogP contribution is -2.40. The van der Waals surface area contributed by atoms with Crippen LogP contribution >= 0.6 is 11.6 Å². The molecule has 1 unspecified atom stereocenters. The first-order valence-electron chi connectivity index (χ1n) is 6.09. The largest absolute Gasteiger partial charge is 0.383 e. The lowest BCUT2D eigenvalue weighted by atomic mass is 10.2. The fourth-order valence-corrected chi connectivity index (χ4v) is 5.44. The monoisotopic (exact) mass is 333 g/mol. The van der Waals surface area contributed by atoms with Crippen molar-refractivity contribution in [3.63, 3.8) is 0 Å². The Hall–Kier alpha value is 0.110. The van der Waals surface area contributed by atoms with Gasteiger partial charge in [0.25, 0.3) is 0 Å². The number of halogens is 1. The molecule has 1 rings (SSSR count). The van der Waals surface area contributed by atoms with Crippen LogP contribution in [0.4, 0.5) is 0 Å². The van der Waals surface area contributed by atoms with Gasteiger partial charge in [-0.25, -0.2) is 21.6 Å². The van der Waals surface area contributed by atoms with E-state index in [0.717, 1.165) is 0 Å². The predicted molar refractivity (Wildman–Crippen MR) is 74.7 cm³/mol. The van der Waals surface area contributed by atoms with Gasteiger partial charge in [0.05, 0.1) is 28.7 Å². The number of ether oxygens (including phenoxy) is 1. The van der Waals surface area contributed by atoms with Crippen LogP contribution in [0.3, 0.4) is 0 Å². The van der Waals surface area contributed by atoms with Gasteiger partial charge in [-0.1, -0.05) is 0 Å². The fraction of sp³-hybridized carbons (Fsp3) is 1.00. The summed E-state index contributed by atoms with van der Waals surface area (Å²) in [7, 11) is -4.98. The van der Waals surface area contributed by atoms with Gasteiger partial charge >= 0.3 is 0 Å². The van der Waals surface area contributed by atoms with Crippen molar-refractivity contribution in [2.45, 2.75) is 29.9 Å². The normalized spacial score (nSPS) is 22.2. The summed E-state index contributed by atoms with van der Waals surface area (Å²) in [6.07, 6.45) is 0.805. The summed E-state index contributed by atoms with van der Waals surface area (Å²) in [5.41, 5.74) is 0. The molecule has 0 aromatic heterocycles. The number of hydrogen-bond donors (Lipinski definition) is 1. The summed E-state index contributed by atoms with van der Waals surface area (Å²) in [5, 5.41) is -0.855. The van der Waals surface area contributed by atoms with E-state index in [1.54, 1.807) is 0 Å². The Morgan fingerprint density at radius 1 is 1.37 bits per heavy atom. The van der Waals surface area contributed by atoms with E-state index in [1.807, 2.05) is 0 Å². The molecule has 1 aliphatic heterocycles. The molecule has 0 amide bonds. The quantitative estimate of drug-likeness (QED) is 0.669. The lowest BCUT2D eigenvalue weighted by molar-refractivity contribution is 0.196. The summed E-state index contributed by atoms with van der Waals surface area (Å²) in [6.45, 7) is 0.605. The van der Waals surface area contributed by atoms with Crippen LogP contribution in [0, 0.1) is 0 Å². The number of sulfonamides is 1. The topological polar surface area (TPSA) is 89.5 Å². The van der Waals surface area contributed by atoms with E-state index in [-0.39, 0.29) is 36.3 Å². The second kappa shape index (κ2) is 7.21. The first kappa shape index (κ1) is 17.2. The molecule has 0 radical (unpaired) electrons. The van der Waals surface area contributed by atoms with Gasteiger partial charge in [-0.2, -0.15) is 0 Å². The number of nitrogens with one attached hydrogen (secondary N) is 1. The Kier molecular flexibility index (Phi) is 6.52. The minimum absolute atomic E-state index is 0.0552. The summed E-state index contributed by atoms with van der Waals surface area (Å²) in [6, 6.07) is 0. The van der Waals surface area contributed by atoms with Crippen LogP contribution < -0.4 is 4.72 Å². The molecule has 1 atom stereocenters. The van der Waals surface area contributed by atoms with Gasteiger partial charge in [-0.15, -0.1) is 11.6 Å². The van der Waals surface area contributed by atoms with Crippen molar-refractivity contribution in [2.75, 3.05) is 31.8 Å². The second-order valence-electron chi connectivity index (χ2n) is 4.63. The second-order valence-corrected chi connectivity index (χ2v) is 9.60. The molecule has 1 saturated heterocycles. The van der Waals surface area contributed by atoms with Crippen molar-refractivity contribution in [3.8, 4) is 0 Å². The maximum absolute atomic E-state index is 12.0. The molecule has 6 nitrogen and oxygen atoms in total. The van der Waals surface area contributed by atoms with Gasteiger partial charge < -0.3 is 4.74 Å². The maximum Gasteiger partial charge on any atom is 0.214 e. The molecule has 9 heteroatoms. The molecule has 0 aromatic carbocycles. The van der Waals surface area contributed by atoms with Crippen molar-refractivity contribution in [1.29, 1.82) is 0 Å². The number of alkyl halides is 1. The van der Waals surface area contributed by atoms with Crippen LogP contribution in [0.1, 0.15) is 19.3 Å². The van der Waals surface area contributed by atoms with Crippen molar-refractivity contribution >= 4 is 31.5 Å². The highest BCUT2D eigenvalue weighted by atomic mass is 35.5. The van der Waals surface area contributed by atoms with Crippen molar-refractivity contribution < 1.29 is 21.6 Å². The van der Waals surface area contributed by atoms with E-state index in [9.17, 15) is 16.8 Å². The smallest absolute Gasteiger partial charge is 0.214 e. The molecule has 0 saturated carbocycles. The average Bonchev–Trinajstić information content (AvgIpc) is 2.28. The standard InChI is InChI=1S/C10H20ClNO5S2/c1-17-8-9(11)2-5-12-19(15,16)10-3-6-18(13,14)7-4-10/h9-10,12H,2-8H2,1H3. The predicted octanol–water partition coefficient (Wildman–Crippen LogP) is 0.127. The Labute approximate surface area is 119 Å². The van der Waals surface area contributed by atoms with E-state index in [2.05, 4.69) is 4.72 Å². The third-order valence-corrected chi connectivity index (χ3v) is 7.06. The number of sulfone groups is 1. The third-order valence-electron chi connectivity index (χ3n) is 3.05. The van der Waals surface area contributed by atoms with Gasteiger partial charge in [-0.3, -0.25) is 0 Å². The molecule has 1 heterocycles. The van der Waals surface area contributed by atoms with Gasteiger partial charge in [-0.05, 0) is 19.3 Å². The fourth-order valence-electron chi connectivity index (χ4n) is 1.92. The molecule has 1 fully saturated rings. The molecule has 114 valence electrons. The highest BCUT2D eigenvalue weighted by Crippen LogP contribution is 2.18. The molecular weight excluding hydrogens is 314 g/mol. The van der Waals surface area contributed by atoms with E-state index >= 15 is 0 Å². The van der Waals surface area contributed by atoms with Gasteiger partial charge in [0, 0.05) is 13.7 Å². The minimum Gasteiger partial charge on any atom is -0.383 e. The van der Waals surface area contributed by atoms with Crippen LogP contribution in [0.15, 0.2) is 0 Å². The SMILES string of the molecule is COCC(Cl)CCNS(=O)(=O)C1CCS(=O)(=O)CC1. The van der Waals surface area contributed by atoms with Gasteiger partial charge in [0.2, 0.25) is 10.0 Å². The van der Waals surface area contributed by atoms with Crippen LogP contribution in [0.5, 0.6) is 0 Å². The summed E-state index contributed by atoms with van der Waals surface area (Å²) in [4.78, 5) is 0. The number of methoxy groups -OCH3 is 1. The first-order chi connectivity index (χ1) is 8.77. The number of rotatable bonds is 7. The third kappa shape index (κ3) is 5.95. The van der Waals surface area contributed by atoms with Gasteiger partial charge in [0.15, 0.2) is 0 Å². The van der Waals surface area contributed by atoms with Crippen molar-refractivity contribution in [2.24, 2.45) is 0 Å². The zero-order chi connectivity index (χ0) is 14.5. The molecule has 0 bridgehead atoms. The maximum atomic E-state index is 12.0. The first-order valence-corrected chi connectivity index (χ1v) is 9.89. The van der Waals surface area contributed by atoms with Crippen molar-refractivity contribution in [1.82, 2.24) is 4.72 Å². The van der Waals surface area contributed by atoms with Crippen LogP contribution in [0.25, 0.3) is 0 Å². The Balaban J connectivity index is 2.40. The number of hydrogen-bond acceptors (Lipinski definition) is 5. The summed E-state index contributed by atoms with van der Waals surface area (Å²) < 4.78 is 53.7. The van der Waals surface area contributed by atoms with Crippen LogP contribution in [0.2, 0.25) is 0 Å². The summed E-state index contributed by atoms with van der Waals surface area (Å²) in [5.74, 6) is -0.110. The molecular formula is C10H20ClNO5S2. The average molecular weight is 334 g/mol. The molecule has 0 spiro atoms. The van der Waals surface area contributed by atoms with Crippen LogP contribution in [-0.2, 0) is 24.6 Å². The minimum atomic E-state index is -3.46. The Morgan fingerprint density at radius 2 is 1.95 bits per heavy atom.